The number of para-hydroxylation sites is 2. The smallest absolute Gasteiger partial charge is 0.232 e. The molecule has 0 spiro atoms. The minimum atomic E-state index is 0.225. The molecule has 0 radical (unpaired) electrons. The Hall–Kier alpha value is -3.23. The number of benzene rings is 2. The summed E-state index contributed by atoms with van der Waals surface area (Å²) < 4.78 is 5.51. The second-order valence-corrected chi connectivity index (χ2v) is 7.91. The summed E-state index contributed by atoms with van der Waals surface area (Å²) in [5.41, 5.74) is 10.6. The molecule has 1 atom stereocenters. The average molecular weight is 421 g/mol. The molecule has 0 bridgehead atoms. The van der Waals surface area contributed by atoms with Crippen LogP contribution >= 0.6 is 0 Å². The largest absolute Gasteiger partial charge is 0.378 e. The van der Waals surface area contributed by atoms with Gasteiger partial charge in [0.25, 0.3) is 0 Å². The summed E-state index contributed by atoms with van der Waals surface area (Å²) in [6.45, 7) is 6.95. The van der Waals surface area contributed by atoms with Gasteiger partial charge < -0.3 is 25.6 Å². The second kappa shape index (κ2) is 9.72. The molecule has 31 heavy (non-hydrogen) atoms. The highest BCUT2D eigenvalue weighted by Gasteiger charge is 2.17. The third-order valence-corrected chi connectivity index (χ3v) is 5.39. The van der Waals surface area contributed by atoms with E-state index in [0.717, 1.165) is 44.1 Å². The highest BCUT2D eigenvalue weighted by Crippen LogP contribution is 2.21. The first kappa shape index (κ1) is 21.0. The molecule has 4 N–H and O–H groups in total. The minimum absolute atomic E-state index is 0.225. The number of nitrogen functional groups attached to an aromatic ring is 1. The summed E-state index contributed by atoms with van der Waals surface area (Å²) in [6, 6.07) is 16.6. The lowest BCUT2D eigenvalue weighted by atomic mass is 10.1. The molecule has 3 aromatic rings. The summed E-state index contributed by atoms with van der Waals surface area (Å²) in [6.07, 6.45) is 0. The van der Waals surface area contributed by atoms with Crippen LogP contribution in [-0.2, 0) is 17.8 Å². The van der Waals surface area contributed by atoms with Crippen LogP contribution < -0.4 is 20.9 Å². The van der Waals surface area contributed by atoms with E-state index in [1.165, 1.54) is 16.2 Å². The van der Waals surface area contributed by atoms with Gasteiger partial charge in [0.15, 0.2) is 5.82 Å². The number of hydrogen-bond acceptors (Lipinski definition) is 7. The fourth-order valence-corrected chi connectivity index (χ4v) is 3.84. The third kappa shape index (κ3) is 5.48. The highest BCUT2D eigenvalue weighted by molar-refractivity contribution is 5.58. The molecule has 4 rings (SSSR count). The van der Waals surface area contributed by atoms with Gasteiger partial charge in [-0.05, 0) is 24.6 Å². The number of rotatable bonds is 7. The Morgan fingerprint density at radius 3 is 2.55 bits per heavy atom. The topological polar surface area (TPSA) is 93.6 Å². The van der Waals surface area contributed by atoms with Gasteiger partial charge in [-0.15, -0.1) is 0 Å². The molecule has 2 aromatic carbocycles. The van der Waals surface area contributed by atoms with Crippen molar-refractivity contribution >= 4 is 23.3 Å². The second-order valence-electron chi connectivity index (χ2n) is 7.91. The summed E-state index contributed by atoms with van der Waals surface area (Å²) in [5, 5.41) is 3.26. The van der Waals surface area contributed by atoms with Gasteiger partial charge in [-0.25, -0.2) is 0 Å². The molecule has 1 unspecified atom stereocenters. The van der Waals surface area contributed by atoms with Crippen LogP contribution in [0.2, 0.25) is 0 Å². The predicted octanol–water partition coefficient (Wildman–Crippen LogP) is 1.56. The average Bonchev–Trinajstić information content (AvgIpc) is 2.76. The van der Waals surface area contributed by atoms with E-state index in [2.05, 4.69) is 56.5 Å². The van der Waals surface area contributed by atoms with Crippen molar-refractivity contribution in [1.29, 1.82) is 0 Å². The monoisotopic (exact) mass is 420 g/mol. The number of aromatic nitrogens is 3. The molecule has 1 aliphatic heterocycles. The van der Waals surface area contributed by atoms with Crippen molar-refractivity contribution in [2.24, 2.45) is 0 Å². The highest BCUT2D eigenvalue weighted by atomic mass is 16.5. The van der Waals surface area contributed by atoms with Gasteiger partial charge >= 0.3 is 0 Å². The number of nitrogens with two attached hydrogens (primary N) is 1. The SMILES string of the molecule is Cc1ccccc1Nc1nc(N)nc(C[NH+](C)Cc2ccccc2N2CCOCC2)n1. The molecular weight excluding hydrogens is 390 g/mol. The predicted molar refractivity (Wildman–Crippen MR) is 122 cm³/mol. The number of anilines is 4. The number of morpholine rings is 1. The van der Waals surface area contributed by atoms with Crippen molar-refractivity contribution in [3.05, 3.63) is 65.5 Å². The summed E-state index contributed by atoms with van der Waals surface area (Å²) >= 11 is 0. The lowest BCUT2D eigenvalue weighted by molar-refractivity contribution is -0.908. The van der Waals surface area contributed by atoms with Crippen molar-refractivity contribution < 1.29 is 9.64 Å². The molecule has 8 heteroatoms. The van der Waals surface area contributed by atoms with E-state index in [1.54, 1.807) is 0 Å². The van der Waals surface area contributed by atoms with Gasteiger partial charge in [0.1, 0.15) is 13.1 Å². The van der Waals surface area contributed by atoms with Gasteiger partial charge in [-0.3, -0.25) is 0 Å². The zero-order chi connectivity index (χ0) is 21.6. The molecule has 0 amide bonds. The third-order valence-electron chi connectivity index (χ3n) is 5.39. The first-order chi connectivity index (χ1) is 15.1. The number of ether oxygens (including phenoxy) is 1. The van der Waals surface area contributed by atoms with E-state index in [-0.39, 0.29) is 5.95 Å². The first-order valence-corrected chi connectivity index (χ1v) is 10.6. The van der Waals surface area contributed by atoms with E-state index in [1.807, 2.05) is 31.2 Å². The molecule has 1 aromatic heterocycles. The van der Waals surface area contributed by atoms with E-state index >= 15 is 0 Å². The van der Waals surface area contributed by atoms with E-state index < -0.39 is 0 Å². The van der Waals surface area contributed by atoms with Gasteiger partial charge in [0, 0.05) is 30.0 Å². The molecular formula is C23H30N7O+. The minimum Gasteiger partial charge on any atom is -0.378 e. The van der Waals surface area contributed by atoms with Crippen LogP contribution in [0.5, 0.6) is 0 Å². The van der Waals surface area contributed by atoms with Crippen LogP contribution in [0, 0.1) is 6.92 Å². The molecule has 0 saturated carbocycles. The quantitative estimate of drug-likeness (QED) is 0.534. The lowest BCUT2D eigenvalue weighted by Gasteiger charge is -2.30. The Kier molecular flexibility index (Phi) is 6.59. The van der Waals surface area contributed by atoms with Crippen molar-refractivity contribution in [3.63, 3.8) is 0 Å². The molecule has 2 heterocycles. The van der Waals surface area contributed by atoms with Crippen molar-refractivity contribution in [2.45, 2.75) is 20.0 Å². The normalized spacial score (nSPS) is 15.0. The maximum Gasteiger partial charge on any atom is 0.232 e. The van der Waals surface area contributed by atoms with Gasteiger partial charge in [-0.2, -0.15) is 15.0 Å². The molecule has 1 aliphatic rings. The number of quaternary nitrogens is 1. The zero-order valence-corrected chi connectivity index (χ0v) is 18.1. The first-order valence-electron chi connectivity index (χ1n) is 10.6. The molecule has 1 fully saturated rings. The van der Waals surface area contributed by atoms with E-state index in [9.17, 15) is 0 Å². The zero-order valence-electron chi connectivity index (χ0n) is 18.1. The van der Waals surface area contributed by atoms with Gasteiger partial charge in [0.2, 0.25) is 11.9 Å². The van der Waals surface area contributed by atoms with Gasteiger partial charge in [-0.1, -0.05) is 36.4 Å². The summed E-state index contributed by atoms with van der Waals surface area (Å²) in [5.74, 6) is 1.37. The standard InChI is InChI=1S/C23H29N7O/c1-17-7-3-5-9-19(17)25-23-27-21(26-22(24)28-23)16-29(2)15-18-8-4-6-10-20(18)30-11-13-31-14-12-30/h3-10H,11-16H2,1-2H3,(H3,24,25,26,27,28)/p+1. The van der Waals surface area contributed by atoms with Crippen LogP contribution in [0.25, 0.3) is 0 Å². The number of nitrogens with zero attached hydrogens (tertiary/aromatic N) is 4. The summed E-state index contributed by atoms with van der Waals surface area (Å²) in [7, 11) is 2.14. The Balaban J connectivity index is 1.46. The van der Waals surface area contributed by atoms with E-state index in [4.69, 9.17) is 10.5 Å². The van der Waals surface area contributed by atoms with Gasteiger partial charge in [0.05, 0.1) is 20.3 Å². The van der Waals surface area contributed by atoms with Crippen molar-refractivity contribution in [3.8, 4) is 0 Å². The lowest BCUT2D eigenvalue weighted by Crippen LogP contribution is -3.06. The Morgan fingerprint density at radius 1 is 1.00 bits per heavy atom. The van der Waals surface area contributed by atoms with Crippen LogP contribution in [0.3, 0.4) is 0 Å². The number of hydrogen-bond donors (Lipinski definition) is 3. The maximum absolute atomic E-state index is 5.97. The van der Waals surface area contributed by atoms with Crippen molar-refractivity contribution in [2.75, 3.05) is 49.3 Å². The van der Waals surface area contributed by atoms with Crippen LogP contribution in [0.1, 0.15) is 17.0 Å². The van der Waals surface area contributed by atoms with Crippen molar-refractivity contribution in [1.82, 2.24) is 15.0 Å². The summed E-state index contributed by atoms with van der Waals surface area (Å²) in [4.78, 5) is 16.9. The molecule has 162 valence electrons. The van der Waals surface area contributed by atoms with Crippen LogP contribution in [0.15, 0.2) is 48.5 Å². The molecule has 0 aliphatic carbocycles. The Bertz CT molecular complexity index is 1020. The number of nitrogens with one attached hydrogen (secondary N) is 2. The molecule has 8 nitrogen and oxygen atoms in total. The Labute approximate surface area is 183 Å². The van der Waals surface area contributed by atoms with Crippen LogP contribution in [-0.4, -0.2) is 48.3 Å². The molecule has 1 saturated heterocycles. The fourth-order valence-electron chi connectivity index (χ4n) is 3.84. The number of aryl methyl sites for hydroxylation is 1. The van der Waals surface area contributed by atoms with Crippen LogP contribution in [0.4, 0.5) is 23.3 Å². The Morgan fingerprint density at radius 2 is 1.74 bits per heavy atom. The maximum atomic E-state index is 5.97. The van der Waals surface area contributed by atoms with E-state index in [0.29, 0.717) is 18.3 Å². The fraction of sp³-hybridized carbons (Fsp3) is 0.348.